The summed E-state index contributed by atoms with van der Waals surface area (Å²) in [4.78, 5) is 19.3. The van der Waals surface area contributed by atoms with Crippen molar-refractivity contribution in [3.8, 4) is 11.1 Å². The maximum Gasteiger partial charge on any atom is 0.256 e. The summed E-state index contributed by atoms with van der Waals surface area (Å²) in [7, 11) is 0. The molecule has 2 heterocycles. The van der Waals surface area contributed by atoms with Crippen molar-refractivity contribution in [2.24, 2.45) is 0 Å². The molecular formula is C22H14N2O. The smallest absolute Gasteiger partial charge is 0.256 e. The Morgan fingerprint density at radius 1 is 0.720 bits per heavy atom. The van der Waals surface area contributed by atoms with Gasteiger partial charge in [-0.05, 0) is 41.3 Å². The number of para-hydroxylation sites is 1. The number of nitrogens with one attached hydrogen (secondary N) is 2. The van der Waals surface area contributed by atoms with Crippen LogP contribution in [0, 0.1) is 0 Å². The Hall–Kier alpha value is -3.33. The molecule has 1 aliphatic rings. The third kappa shape index (κ3) is 1.62. The molecule has 0 amide bonds. The Bertz CT molecular complexity index is 1390. The molecule has 2 aromatic heterocycles. The average Bonchev–Trinajstić information content (AvgIpc) is 3.18. The van der Waals surface area contributed by atoms with Crippen molar-refractivity contribution >= 4 is 32.7 Å². The van der Waals surface area contributed by atoms with Gasteiger partial charge in [0.1, 0.15) is 0 Å². The fourth-order valence-electron chi connectivity index (χ4n) is 4.28. The summed E-state index contributed by atoms with van der Waals surface area (Å²) in [6.45, 7) is 0. The van der Waals surface area contributed by atoms with Crippen molar-refractivity contribution in [3.63, 3.8) is 0 Å². The van der Waals surface area contributed by atoms with Crippen LogP contribution < -0.4 is 5.56 Å². The highest BCUT2D eigenvalue weighted by atomic mass is 16.1. The van der Waals surface area contributed by atoms with E-state index in [2.05, 4.69) is 46.4 Å². The molecule has 0 spiro atoms. The van der Waals surface area contributed by atoms with Crippen LogP contribution in [-0.4, -0.2) is 9.97 Å². The van der Waals surface area contributed by atoms with Crippen LogP contribution in [0.25, 0.3) is 43.8 Å². The quantitative estimate of drug-likeness (QED) is 0.417. The van der Waals surface area contributed by atoms with E-state index in [9.17, 15) is 4.79 Å². The molecule has 5 aromatic rings. The van der Waals surface area contributed by atoms with Gasteiger partial charge in [-0.1, -0.05) is 42.5 Å². The van der Waals surface area contributed by atoms with Crippen LogP contribution in [0.3, 0.4) is 0 Å². The number of H-pyrrole nitrogens is 2. The zero-order valence-electron chi connectivity index (χ0n) is 13.4. The van der Waals surface area contributed by atoms with E-state index in [-0.39, 0.29) is 5.56 Å². The fourth-order valence-corrected chi connectivity index (χ4v) is 4.28. The molecule has 3 heteroatoms. The maximum absolute atomic E-state index is 12.7. The van der Waals surface area contributed by atoms with Crippen molar-refractivity contribution in [1.29, 1.82) is 0 Å². The first kappa shape index (κ1) is 13.0. The van der Waals surface area contributed by atoms with Crippen molar-refractivity contribution in [3.05, 3.63) is 82.1 Å². The normalized spacial score (nSPS) is 12.8. The molecule has 3 nitrogen and oxygen atoms in total. The summed E-state index contributed by atoms with van der Waals surface area (Å²) < 4.78 is 0. The number of aromatic amines is 2. The number of hydrogen-bond acceptors (Lipinski definition) is 1. The highest BCUT2D eigenvalue weighted by Gasteiger charge is 2.24. The first-order valence-corrected chi connectivity index (χ1v) is 8.47. The Morgan fingerprint density at radius 3 is 2.48 bits per heavy atom. The molecule has 2 N–H and O–H groups in total. The largest absolute Gasteiger partial charge is 0.354 e. The first-order valence-electron chi connectivity index (χ1n) is 8.47. The molecule has 0 fully saturated rings. The molecular weight excluding hydrogens is 308 g/mol. The molecule has 3 aromatic carbocycles. The lowest BCUT2D eigenvalue weighted by molar-refractivity contribution is 1.25. The Kier molecular flexibility index (Phi) is 2.29. The van der Waals surface area contributed by atoms with Crippen LogP contribution >= 0.6 is 0 Å². The minimum absolute atomic E-state index is 0.00270. The van der Waals surface area contributed by atoms with Crippen molar-refractivity contribution in [1.82, 2.24) is 9.97 Å². The summed E-state index contributed by atoms with van der Waals surface area (Å²) in [6, 6.07) is 20.8. The summed E-state index contributed by atoms with van der Waals surface area (Å²) in [5, 5.41) is 3.56. The van der Waals surface area contributed by atoms with Gasteiger partial charge >= 0.3 is 0 Å². The van der Waals surface area contributed by atoms with E-state index in [4.69, 9.17) is 0 Å². The van der Waals surface area contributed by atoms with Crippen molar-refractivity contribution in [2.45, 2.75) is 6.42 Å². The van der Waals surface area contributed by atoms with Gasteiger partial charge in [0.05, 0.1) is 11.1 Å². The van der Waals surface area contributed by atoms with Gasteiger partial charge in [0, 0.05) is 27.2 Å². The zero-order chi connectivity index (χ0) is 16.5. The fraction of sp³-hybridized carbons (Fsp3) is 0.0455. The van der Waals surface area contributed by atoms with E-state index in [0.717, 1.165) is 45.0 Å². The Labute approximate surface area is 142 Å². The molecule has 0 saturated carbocycles. The minimum Gasteiger partial charge on any atom is -0.354 e. The lowest BCUT2D eigenvalue weighted by atomic mass is 10.0. The molecule has 25 heavy (non-hydrogen) atoms. The molecule has 0 atom stereocenters. The Balaban J connectivity index is 1.79. The lowest BCUT2D eigenvalue weighted by Gasteiger charge is -2.06. The monoisotopic (exact) mass is 322 g/mol. The van der Waals surface area contributed by atoms with E-state index in [0.29, 0.717) is 0 Å². The van der Waals surface area contributed by atoms with Crippen molar-refractivity contribution in [2.75, 3.05) is 0 Å². The highest BCUT2D eigenvalue weighted by Crippen LogP contribution is 2.39. The predicted molar refractivity (Wildman–Crippen MR) is 102 cm³/mol. The highest BCUT2D eigenvalue weighted by molar-refractivity contribution is 6.12. The van der Waals surface area contributed by atoms with E-state index >= 15 is 0 Å². The number of benzene rings is 3. The predicted octanol–water partition coefficient (Wildman–Crippen LogP) is 4.73. The molecule has 6 rings (SSSR count). The van der Waals surface area contributed by atoms with E-state index in [1.165, 1.54) is 16.3 Å². The third-order valence-corrected chi connectivity index (χ3v) is 5.40. The number of rotatable bonds is 0. The second-order valence-electron chi connectivity index (χ2n) is 6.76. The van der Waals surface area contributed by atoms with Crippen LogP contribution in [0.15, 0.2) is 65.5 Å². The van der Waals surface area contributed by atoms with E-state index in [1.54, 1.807) is 0 Å². The second kappa shape index (κ2) is 4.39. The molecule has 1 aliphatic carbocycles. The number of fused-ring (bicyclic) bond motifs is 8. The molecule has 0 bridgehead atoms. The number of aromatic nitrogens is 2. The van der Waals surface area contributed by atoms with Gasteiger partial charge in [-0.25, -0.2) is 0 Å². The minimum atomic E-state index is 0.00270. The lowest BCUT2D eigenvalue weighted by Crippen LogP contribution is -2.09. The molecule has 0 saturated heterocycles. The van der Waals surface area contributed by atoms with Crippen LogP contribution in [0.5, 0.6) is 0 Å². The molecule has 0 unspecified atom stereocenters. The molecule has 0 aliphatic heterocycles. The van der Waals surface area contributed by atoms with Gasteiger partial charge in [0.2, 0.25) is 0 Å². The SMILES string of the molecule is O=c1[nH]c2cc3[nH]c4ccccc4c3cc2c2c1-c1ccccc1C2. The average molecular weight is 322 g/mol. The van der Waals surface area contributed by atoms with Gasteiger partial charge in [-0.2, -0.15) is 0 Å². The van der Waals surface area contributed by atoms with Crippen LogP contribution in [0.1, 0.15) is 11.1 Å². The maximum atomic E-state index is 12.7. The topological polar surface area (TPSA) is 48.6 Å². The van der Waals surface area contributed by atoms with Crippen LogP contribution in [0.4, 0.5) is 0 Å². The van der Waals surface area contributed by atoms with Gasteiger partial charge in [0.25, 0.3) is 5.56 Å². The summed E-state index contributed by atoms with van der Waals surface area (Å²) in [6.07, 6.45) is 0.819. The van der Waals surface area contributed by atoms with E-state index < -0.39 is 0 Å². The van der Waals surface area contributed by atoms with Gasteiger partial charge in [-0.15, -0.1) is 0 Å². The summed E-state index contributed by atoms with van der Waals surface area (Å²) in [5.41, 5.74) is 7.36. The first-order chi connectivity index (χ1) is 12.3. The van der Waals surface area contributed by atoms with Crippen LogP contribution in [-0.2, 0) is 6.42 Å². The van der Waals surface area contributed by atoms with Crippen molar-refractivity contribution < 1.29 is 0 Å². The standard InChI is InChI=1S/C22H14N2O/c25-22-21-13-6-2-1-5-12(13)9-17(21)16-10-15-14-7-3-4-8-18(14)23-19(15)11-20(16)24-22/h1-8,10-11,23H,9H2,(H,24,25). The number of pyridine rings is 1. The third-order valence-electron chi connectivity index (χ3n) is 5.40. The summed E-state index contributed by atoms with van der Waals surface area (Å²) in [5.74, 6) is 0. The van der Waals surface area contributed by atoms with Gasteiger partial charge in [0.15, 0.2) is 0 Å². The zero-order valence-corrected chi connectivity index (χ0v) is 13.4. The van der Waals surface area contributed by atoms with Gasteiger partial charge in [-0.3, -0.25) is 4.79 Å². The van der Waals surface area contributed by atoms with Crippen LogP contribution in [0.2, 0.25) is 0 Å². The van der Waals surface area contributed by atoms with E-state index in [1.807, 2.05) is 24.3 Å². The van der Waals surface area contributed by atoms with Gasteiger partial charge < -0.3 is 9.97 Å². The Morgan fingerprint density at radius 2 is 1.52 bits per heavy atom. The number of hydrogen-bond donors (Lipinski definition) is 2. The molecule has 118 valence electrons. The second-order valence-corrected chi connectivity index (χ2v) is 6.76. The molecule has 0 radical (unpaired) electrons. The summed E-state index contributed by atoms with van der Waals surface area (Å²) >= 11 is 0.